The standard InChI is InChI=1S/C18H17FN4O3S/c1-3-14-10(2)6-15(27-14)17(25)22-21-16(24)8-23-9-20-13-5-4-11(19)7-12(13)18(23)26/h4-7,9H,3,8H2,1-2H3,(H,21,24)(H,22,25). The molecule has 7 nitrogen and oxygen atoms in total. The fraction of sp³-hybridized carbons (Fsp3) is 0.222. The Hall–Kier alpha value is -3.07. The van der Waals surface area contributed by atoms with Gasteiger partial charge in [0.15, 0.2) is 0 Å². The molecule has 140 valence electrons. The lowest BCUT2D eigenvalue weighted by atomic mass is 10.2. The van der Waals surface area contributed by atoms with Crippen LogP contribution in [0.4, 0.5) is 4.39 Å². The summed E-state index contributed by atoms with van der Waals surface area (Å²) in [4.78, 5) is 42.1. The molecule has 0 saturated heterocycles. The van der Waals surface area contributed by atoms with Gasteiger partial charge in [0, 0.05) is 4.88 Å². The maximum absolute atomic E-state index is 13.3. The molecule has 3 rings (SSSR count). The number of hydrazine groups is 1. The number of nitrogens with zero attached hydrogens (tertiary/aromatic N) is 2. The lowest BCUT2D eigenvalue weighted by molar-refractivity contribution is -0.122. The lowest BCUT2D eigenvalue weighted by Gasteiger charge is -2.08. The summed E-state index contributed by atoms with van der Waals surface area (Å²) in [7, 11) is 0. The molecular formula is C18H17FN4O3S. The van der Waals surface area contributed by atoms with Gasteiger partial charge in [0.25, 0.3) is 17.4 Å². The van der Waals surface area contributed by atoms with E-state index in [1.165, 1.54) is 29.8 Å². The molecule has 0 atom stereocenters. The van der Waals surface area contributed by atoms with Crippen molar-refractivity contribution in [3.05, 3.63) is 62.1 Å². The largest absolute Gasteiger partial charge is 0.289 e. The monoisotopic (exact) mass is 388 g/mol. The summed E-state index contributed by atoms with van der Waals surface area (Å²) in [5.74, 6) is -1.59. The van der Waals surface area contributed by atoms with Crippen molar-refractivity contribution in [2.24, 2.45) is 0 Å². The first kappa shape index (κ1) is 18.7. The van der Waals surface area contributed by atoms with E-state index in [0.717, 1.165) is 27.5 Å². The predicted octanol–water partition coefficient (Wildman–Crippen LogP) is 1.93. The summed E-state index contributed by atoms with van der Waals surface area (Å²) >= 11 is 1.36. The minimum atomic E-state index is -0.605. The van der Waals surface area contributed by atoms with Gasteiger partial charge >= 0.3 is 0 Å². The maximum atomic E-state index is 13.3. The topological polar surface area (TPSA) is 93.1 Å². The second-order valence-corrected chi connectivity index (χ2v) is 7.05. The summed E-state index contributed by atoms with van der Waals surface area (Å²) < 4.78 is 14.4. The van der Waals surface area contributed by atoms with Gasteiger partial charge in [-0.25, -0.2) is 9.37 Å². The number of fused-ring (bicyclic) bond motifs is 1. The summed E-state index contributed by atoms with van der Waals surface area (Å²) in [5.41, 5.74) is 5.42. The third-order valence-electron chi connectivity index (χ3n) is 3.98. The SMILES string of the molecule is CCc1sc(C(=O)NNC(=O)Cn2cnc3ccc(F)cc3c2=O)cc1C. The number of carbonyl (C=O) groups excluding carboxylic acids is 2. The van der Waals surface area contributed by atoms with E-state index in [-0.39, 0.29) is 11.9 Å². The van der Waals surface area contributed by atoms with Crippen molar-refractivity contribution in [2.45, 2.75) is 26.8 Å². The van der Waals surface area contributed by atoms with Crippen LogP contribution in [0.25, 0.3) is 10.9 Å². The number of rotatable bonds is 4. The average molecular weight is 388 g/mol. The molecule has 0 saturated carbocycles. The molecule has 2 N–H and O–H groups in total. The molecule has 0 aliphatic carbocycles. The summed E-state index contributed by atoms with van der Waals surface area (Å²) in [6, 6.07) is 5.43. The number of thiophene rings is 1. The minimum absolute atomic E-state index is 0.0792. The van der Waals surface area contributed by atoms with Crippen molar-refractivity contribution in [3.63, 3.8) is 0 Å². The van der Waals surface area contributed by atoms with Crippen molar-refractivity contribution in [2.75, 3.05) is 0 Å². The molecule has 2 heterocycles. The van der Waals surface area contributed by atoms with Gasteiger partial charge in [-0.3, -0.25) is 29.8 Å². The highest BCUT2D eigenvalue weighted by atomic mass is 32.1. The number of carbonyl (C=O) groups is 2. The Bertz CT molecular complexity index is 1090. The molecule has 0 spiro atoms. The van der Waals surface area contributed by atoms with Gasteiger partial charge in [-0.05, 0) is 43.2 Å². The number of benzene rings is 1. The fourth-order valence-corrected chi connectivity index (χ4v) is 3.62. The molecule has 0 aliphatic heterocycles. The highest BCUT2D eigenvalue weighted by Gasteiger charge is 2.13. The van der Waals surface area contributed by atoms with Gasteiger partial charge in [-0.1, -0.05) is 6.92 Å². The zero-order chi connectivity index (χ0) is 19.6. The zero-order valence-electron chi connectivity index (χ0n) is 14.7. The van der Waals surface area contributed by atoms with Crippen molar-refractivity contribution < 1.29 is 14.0 Å². The number of amides is 2. The van der Waals surface area contributed by atoms with Gasteiger partial charge < -0.3 is 0 Å². The molecule has 2 amide bonds. The molecule has 0 radical (unpaired) electrons. The Morgan fingerprint density at radius 3 is 2.74 bits per heavy atom. The third-order valence-corrected chi connectivity index (χ3v) is 5.36. The average Bonchev–Trinajstić information content (AvgIpc) is 3.03. The first-order valence-electron chi connectivity index (χ1n) is 8.22. The highest BCUT2D eigenvalue weighted by Crippen LogP contribution is 2.21. The fourth-order valence-electron chi connectivity index (χ4n) is 2.61. The smallest absolute Gasteiger partial charge is 0.279 e. The van der Waals surface area contributed by atoms with E-state index in [1.807, 2.05) is 13.8 Å². The van der Waals surface area contributed by atoms with E-state index in [9.17, 15) is 18.8 Å². The van der Waals surface area contributed by atoms with Crippen LogP contribution in [0.2, 0.25) is 0 Å². The van der Waals surface area contributed by atoms with Crippen LogP contribution < -0.4 is 16.4 Å². The normalized spacial score (nSPS) is 10.8. The molecule has 3 aromatic rings. The highest BCUT2D eigenvalue weighted by molar-refractivity contribution is 7.14. The number of aromatic nitrogens is 2. The molecule has 27 heavy (non-hydrogen) atoms. The quantitative estimate of drug-likeness (QED) is 0.668. The van der Waals surface area contributed by atoms with Crippen LogP contribution in [0.3, 0.4) is 0 Å². The Balaban J connectivity index is 1.67. The molecular weight excluding hydrogens is 371 g/mol. The second kappa shape index (κ2) is 7.67. The van der Waals surface area contributed by atoms with Gasteiger partial charge in [0.1, 0.15) is 12.4 Å². The molecule has 0 bridgehead atoms. The third kappa shape index (κ3) is 4.03. The van der Waals surface area contributed by atoms with Gasteiger partial charge in [0.2, 0.25) is 0 Å². The van der Waals surface area contributed by atoms with Crippen LogP contribution in [0.1, 0.15) is 27.0 Å². The number of aryl methyl sites for hydroxylation is 2. The van der Waals surface area contributed by atoms with E-state index in [2.05, 4.69) is 15.8 Å². The molecule has 1 aromatic carbocycles. The molecule has 2 aromatic heterocycles. The van der Waals surface area contributed by atoms with Crippen LogP contribution >= 0.6 is 11.3 Å². The van der Waals surface area contributed by atoms with E-state index < -0.39 is 23.2 Å². The van der Waals surface area contributed by atoms with Crippen LogP contribution in [-0.2, 0) is 17.8 Å². The Morgan fingerprint density at radius 1 is 1.26 bits per heavy atom. The first-order valence-corrected chi connectivity index (χ1v) is 9.04. The van der Waals surface area contributed by atoms with Crippen molar-refractivity contribution in [1.82, 2.24) is 20.4 Å². The predicted molar refractivity (Wildman–Crippen MR) is 100 cm³/mol. The van der Waals surface area contributed by atoms with Gasteiger partial charge in [-0.15, -0.1) is 11.3 Å². The second-order valence-electron chi connectivity index (χ2n) is 5.91. The van der Waals surface area contributed by atoms with E-state index in [4.69, 9.17) is 0 Å². The first-order chi connectivity index (χ1) is 12.9. The maximum Gasteiger partial charge on any atom is 0.279 e. The van der Waals surface area contributed by atoms with Crippen molar-refractivity contribution in [3.8, 4) is 0 Å². The molecule has 9 heteroatoms. The summed E-state index contributed by atoms with van der Waals surface area (Å²) in [6.07, 6.45) is 2.04. The molecule has 0 aliphatic rings. The van der Waals surface area contributed by atoms with Crippen LogP contribution in [0.15, 0.2) is 35.4 Å². The van der Waals surface area contributed by atoms with Gasteiger partial charge in [0.05, 0.1) is 22.1 Å². The number of hydrogen-bond acceptors (Lipinski definition) is 5. The number of halogens is 1. The lowest BCUT2D eigenvalue weighted by Crippen LogP contribution is -2.44. The molecule has 0 fully saturated rings. The van der Waals surface area contributed by atoms with Crippen LogP contribution in [0.5, 0.6) is 0 Å². The Labute approximate surface area is 157 Å². The summed E-state index contributed by atoms with van der Waals surface area (Å²) in [6.45, 7) is 3.57. The number of hydrogen-bond donors (Lipinski definition) is 2. The zero-order valence-corrected chi connectivity index (χ0v) is 15.5. The van der Waals surface area contributed by atoms with Crippen molar-refractivity contribution >= 4 is 34.1 Å². The van der Waals surface area contributed by atoms with Crippen molar-refractivity contribution in [1.29, 1.82) is 0 Å². The van der Waals surface area contributed by atoms with E-state index in [0.29, 0.717) is 10.4 Å². The molecule has 0 unspecified atom stereocenters. The van der Waals surface area contributed by atoms with Crippen LogP contribution in [-0.4, -0.2) is 21.4 Å². The van der Waals surface area contributed by atoms with E-state index in [1.54, 1.807) is 6.07 Å². The van der Waals surface area contributed by atoms with Gasteiger partial charge in [-0.2, -0.15) is 0 Å². The Kier molecular flexibility index (Phi) is 5.31. The van der Waals surface area contributed by atoms with Crippen LogP contribution in [0, 0.1) is 12.7 Å². The van der Waals surface area contributed by atoms with E-state index >= 15 is 0 Å². The number of nitrogens with one attached hydrogen (secondary N) is 2. The minimum Gasteiger partial charge on any atom is -0.289 e. The summed E-state index contributed by atoms with van der Waals surface area (Å²) in [5, 5.41) is 0.0792. The Morgan fingerprint density at radius 2 is 2.04 bits per heavy atom.